The second-order valence-electron chi connectivity index (χ2n) is 3.89. The molecule has 0 spiro atoms. The predicted octanol–water partition coefficient (Wildman–Crippen LogP) is 3.09. The van der Waals surface area contributed by atoms with Crippen LogP contribution in [0.25, 0.3) is 0 Å². The number of hydrogen-bond acceptors (Lipinski definition) is 3. The van der Waals surface area contributed by atoms with Crippen LogP contribution in [-0.2, 0) is 19.3 Å². The lowest BCUT2D eigenvalue weighted by molar-refractivity contribution is 0.0701. The van der Waals surface area contributed by atoms with E-state index in [0.29, 0.717) is 25.4 Å². The Morgan fingerprint density at radius 1 is 0.947 bits per heavy atom. The zero-order chi connectivity index (χ0) is 14.3. The topological polar surface area (TPSA) is 27.7 Å². The summed E-state index contributed by atoms with van der Waals surface area (Å²) in [6, 6.07) is 3.69. The molecule has 1 aromatic rings. The van der Waals surface area contributed by atoms with Crippen molar-refractivity contribution in [1.82, 2.24) is 0 Å². The normalized spacial score (nSPS) is 11.8. The fraction of sp³-hybridized carbons (Fsp3) is 0.538. The maximum atomic E-state index is 13.7. The van der Waals surface area contributed by atoms with Crippen molar-refractivity contribution in [2.75, 3.05) is 19.8 Å². The number of hydrogen-bond donors (Lipinski definition) is 0. The van der Waals surface area contributed by atoms with E-state index in [2.05, 4.69) is 0 Å². The zero-order valence-corrected chi connectivity index (χ0v) is 12.5. The van der Waals surface area contributed by atoms with Gasteiger partial charge in [0.2, 0.25) is 0 Å². The molecule has 0 bridgehead atoms. The van der Waals surface area contributed by atoms with Crippen molar-refractivity contribution >= 4 is 8.80 Å². The van der Waals surface area contributed by atoms with Gasteiger partial charge in [0.05, 0.1) is 0 Å². The maximum Gasteiger partial charge on any atom is 0.505 e. The number of halogens is 2. The Kier molecular flexibility index (Phi) is 6.57. The van der Waals surface area contributed by atoms with Crippen LogP contribution in [0.4, 0.5) is 8.78 Å². The highest BCUT2D eigenvalue weighted by molar-refractivity contribution is 6.60. The molecule has 0 aromatic heterocycles. The molecule has 108 valence electrons. The van der Waals surface area contributed by atoms with Crippen molar-refractivity contribution in [3.63, 3.8) is 0 Å². The van der Waals surface area contributed by atoms with Crippen molar-refractivity contribution < 1.29 is 22.1 Å². The van der Waals surface area contributed by atoms with Crippen molar-refractivity contribution in [2.24, 2.45) is 0 Å². The number of rotatable bonds is 8. The van der Waals surface area contributed by atoms with Crippen molar-refractivity contribution in [3.05, 3.63) is 35.4 Å². The summed E-state index contributed by atoms with van der Waals surface area (Å²) in [7, 11) is -2.95. The van der Waals surface area contributed by atoms with E-state index in [9.17, 15) is 8.78 Å². The van der Waals surface area contributed by atoms with E-state index >= 15 is 0 Å². The van der Waals surface area contributed by atoms with Crippen LogP contribution >= 0.6 is 0 Å². The van der Waals surface area contributed by atoms with Crippen molar-refractivity contribution in [2.45, 2.75) is 26.8 Å². The molecule has 1 aromatic carbocycles. The maximum absolute atomic E-state index is 13.7. The molecule has 0 heterocycles. The van der Waals surface area contributed by atoms with Gasteiger partial charge in [-0.05, 0) is 32.4 Å². The van der Waals surface area contributed by atoms with Crippen LogP contribution in [-0.4, -0.2) is 28.6 Å². The van der Waals surface area contributed by atoms with Crippen LogP contribution in [0.5, 0.6) is 0 Å². The lowest BCUT2D eigenvalue weighted by Gasteiger charge is -2.28. The molecule has 0 aliphatic rings. The fourth-order valence-electron chi connectivity index (χ4n) is 1.84. The van der Waals surface area contributed by atoms with Crippen LogP contribution in [0, 0.1) is 11.6 Å². The van der Waals surface area contributed by atoms with E-state index in [1.165, 1.54) is 12.1 Å². The van der Waals surface area contributed by atoms with Gasteiger partial charge in [-0.25, -0.2) is 8.78 Å². The Balaban J connectivity index is 2.97. The van der Waals surface area contributed by atoms with Gasteiger partial charge in [-0.15, -0.1) is 0 Å². The van der Waals surface area contributed by atoms with Gasteiger partial charge in [0.25, 0.3) is 0 Å². The van der Waals surface area contributed by atoms with Crippen LogP contribution in [0.15, 0.2) is 18.2 Å². The molecule has 6 heteroatoms. The molecule has 0 aliphatic carbocycles. The minimum Gasteiger partial charge on any atom is -0.374 e. The van der Waals surface area contributed by atoms with Gasteiger partial charge >= 0.3 is 8.80 Å². The van der Waals surface area contributed by atoms with E-state index in [0.717, 1.165) is 6.07 Å². The minimum absolute atomic E-state index is 0.203. The highest BCUT2D eigenvalue weighted by atomic mass is 28.4. The third-order valence-electron chi connectivity index (χ3n) is 2.51. The second-order valence-corrected chi connectivity index (χ2v) is 6.48. The highest BCUT2D eigenvalue weighted by Crippen LogP contribution is 2.20. The number of benzene rings is 1. The third-order valence-corrected chi connectivity index (χ3v) is 5.51. The van der Waals surface area contributed by atoms with Gasteiger partial charge < -0.3 is 13.3 Å². The molecule has 0 radical (unpaired) electrons. The molecule has 0 atom stereocenters. The quantitative estimate of drug-likeness (QED) is 0.689. The molecule has 0 aliphatic heterocycles. The first-order valence-electron chi connectivity index (χ1n) is 6.42. The van der Waals surface area contributed by atoms with E-state index in [4.69, 9.17) is 13.3 Å². The average Bonchev–Trinajstić information content (AvgIpc) is 2.34. The Labute approximate surface area is 113 Å². The first-order valence-corrected chi connectivity index (χ1v) is 8.35. The fourth-order valence-corrected chi connectivity index (χ4v) is 4.47. The zero-order valence-electron chi connectivity index (χ0n) is 11.5. The molecule has 0 N–H and O–H groups in total. The van der Waals surface area contributed by atoms with Gasteiger partial charge in [-0.3, -0.25) is 0 Å². The summed E-state index contributed by atoms with van der Waals surface area (Å²) in [6.45, 7) is 6.78. The summed E-state index contributed by atoms with van der Waals surface area (Å²) in [4.78, 5) is 0. The molecule has 1 rings (SSSR count). The van der Waals surface area contributed by atoms with Gasteiger partial charge in [-0.2, -0.15) is 0 Å². The summed E-state index contributed by atoms with van der Waals surface area (Å²) in [6.07, 6.45) is 0. The smallest absolute Gasteiger partial charge is 0.374 e. The molecular formula is C13H20F2O3Si. The molecular weight excluding hydrogens is 270 g/mol. The van der Waals surface area contributed by atoms with Gasteiger partial charge in [0.1, 0.15) is 11.6 Å². The molecule has 0 unspecified atom stereocenters. The monoisotopic (exact) mass is 290 g/mol. The largest absolute Gasteiger partial charge is 0.505 e. The lowest BCUT2D eigenvalue weighted by Crippen LogP contribution is -2.48. The van der Waals surface area contributed by atoms with Gasteiger partial charge in [0.15, 0.2) is 0 Å². The van der Waals surface area contributed by atoms with Crippen LogP contribution in [0.3, 0.4) is 0 Å². The molecule has 0 amide bonds. The summed E-state index contributed by atoms with van der Waals surface area (Å²) in [5.41, 5.74) is 0.350. The predicted molar refractivity (Wildman–Crippen MR) is 70.7 cm³/mol. The van der Waals surface area contributed by atoms with Crippen molar-refractivity contribution in [1.29, 1.82) is 0 Å². The van der Waals surface area contributed by atoms with E-state index in [1.54, 1.807) is 0 Å². The highest BCUT2D eigenvalue weighted by Gasteiger charge is 2.41. The summed E-state index contributed by atoms with van der Waals surface area (Å²) in [5, 5.41) is 0. The first-order chi connectivity index (χ1) is 9.06. The minimum atomic E-state index is -2.95. The Morgan fingerprint density at radius 2 is 1.47 bits per heavy atom. The standard InChI is InChI=1S/C13H20F2O3Si/c1-4-16-19(17-5-2,18-6-3)10-11-7-8-12(14)9-13(11)15/h7-9H,4-6,10H2,1-3H3. The Bertz CT molecular complexity index is 384. The molecule has 0 saturated heterocycles. The second kappa shape index (κ2) is 7.69. The third kappa shape index (κ3) is 4.65. The molecule has 0 saturated carbocycles. The van der Waals surface area contributed by atoms with E-state index in [1.807, 2.05) is 20.8 Å². The molecule has 3 nitrogen and oxygen atoms in total. The van der Waals surface area contributed by atoms with Crippen molar-refractivity contribution in [3.8, 4) is 0 Å². The van der Waals surface area contributed by atoms with Gasteiger partial charge in [0, 0.05) is 31.9 Å². The van der Waals surface area contributed by atoms with E-state index in [-0.39, 0.29) is 6.04 Å². The molecule has 19 heavy (non-hydrogen) atoms. The summed E-state index contributed by atoms with van der Waals surface area (Å²) >= 11 is 0. The van der Waals surface area contributed by atoms with Crippen LogP contribution in [0.1, 0.15) is 26.3 Å². The summed E-state index contributed by atoms with van der Waals surface area (Å²) < 4.78 is 43.5. The SMILES string of the molecule is CCO[Si](Cc1ccc(F)cc1F)(OCC)OCC. The average molecular weight is 290 g/mol. The van der Waals surface area contributed by atoms with Gasteiger partial charge in [-0.1, -0.05) is 6.07 Å². The van der Waals surface area contributed by atoms with Crippen LogP contribution in [0.2, 0.25) is 0 Å². The first kappa shape index (κ1) is 16.2. The summed E-state index contributed by atoms with van der Waals surface area (Å²) in [5.74, 6) is -1.20. The lowest BCUT2D eigenvalue weighted by atomic mass is 10.2. The molecule has 0 fully saturated rings. The van der Waals surface area contributed by atoms with Crippen LogP contribution < -0.4 is 0 Å². The Hall–Kier alpha value is -0.823. The Morgan fingerprint density at radius 3 is 1.89 bits per heavy atom. The van der Waals surface area contributed by atoms with E-state index < -0.39 is 20.4 Å².